The maximum Gasteiger partial charge on any atom is 0.0267 e. The van der Waals surface area contributed by atoms with Gasteiger partial charge in [-0.15, -0.1) is 0 Å². The van der Waals surface area contributed by atoms with Crippen molar-refractivity contribution in [2.45, 2.75) is 53.0 Å². The van der Waals surface area contributed by atoms with Crippen LogP contribution < -0.4 is 5.84 Å². The summed E-state index contributed by atoms with van der Waals surface area (Å²) < 4.78 is 0. The zero-order valence-corrected chi connectivity index (χ0v) is 9.22. The third-order valence-corrected chi connectivity index (χ3v) is 2.04. The minimum Gasteiger partial charge on any atom is -0.268 e. The number of nitrogens with two attached hydrogens (primary N) is 1. The molecule has 0 radical (unpaired) electrons. The Morgan fingerprint density at radius 3 is 2.08 bits per heavy atom. The highest BCUT2D eigenvalue weighted by Crippen LogP contribution is 2.10. The molecule has 2 heteroatoms. The van der Waals surface area contributed by atoms with Gasteiger partial charge in [0.25, 0.3) is 0 Å². The molecule has 0 atom stereocenters. The van der Waals surface area contributed by atoms with E-state index < -0.39 is 0 Å². The maximum absolute atomic E-state index is 5.87. The van der Waals surface area contributed by atoms with E-state index in [1.807, 2.05) is 5.01 Å². The van der Waals surface area contributed by atoms with Crippen molar-refractivity contribution in [3.05, 3.63) is 0 Å². The van der Waals surface area contributed by atoms with Crippen LogP contribution in [0.5, 0.6) is 0 Å². The van der Waals surface area contributed by atoms with E-state index in [-0.39, 0.29) is 5.54 Å². The van der Waals surface area contributed by atoms with Crippen LogP contribution in [-0.4, -0.2) is 17.1 Å². The smallest absolute Gasteiger partial charge is 0.0267 e. The molecule has 12 heavy (non-hydrogen) atoms. The lowest BCUT2D eigenvalue weighted by atomic mass is 10.1. The summed E-state index contributed by atoms with van der Waals surface area (Å²) >= 11 is 0. The van der Waals surface area contributed by atoms with Gasteiger partial charge in [-0.1, -0.05) is 13.8 Å². The van der Waals surface area contributed by atoms with Gasteiger partial charge in [0.15, 0.2) is 0 Å². The van der Waals surface area contributed by atoms with Crippen molar-refractivity contribution in [1.29, 1.82) is 0 Å². The molecule has 2 N–H and O–H groups in total. The molecule has 0 spiro atoms. The fourth-order valence-corrected chi connectivity index (χ4v) is 1.01. The Labute approximate surface area is 77.1 Å². The van der Waals surface area contributed by atoms with Crippen molar-refractivity contribution in [1.82, 2.24) is 5.01 Å². The topological polar surface area (TPSA) is 29.3 Å². The van der Waals surface area contributed by atoms with Crippen LogP contribution in [0.3, 0.4) is 0 Å². The van der Waals surface area contributed by atoms with Crippen LogP contribution in [0.4, 0.5) is 0 Å². The van der Waals surface area contributed by atoms with Crippen molar-refractivity contribution in [3.8, 4) is 0 Å². The van der Waals surface area contributed by atoms with Gasteiger partial charge in [-0.25, -0.2) is 5.01 Å². The summed E-state index contributed by atoms with van der Waals surface area (Å²) in [5, 5.41) is 1.93. The third-order valence-electron chi connectivity index (χ3n) is 2.04. The van der Waals surface area contributed by atoms with Crippen molar-refractivity contribution >= 4 is 0 Å². The van der Waals surface area contributed by atoms with Crippen molar-refractivity contribution in [3.63, 3.8) is 0 Å². The summed E-state index contributed by atoms with van der Waals surface area (Å²) in [5.74, 6) is 6.66. The summed E-state index contributed by atoms with van der Waals surface area (Å²) in [6, 6.07) is 0. The molecule has 0 rings (SSSR count). The average Bonchev–Trinajstić information content (AvgIpc) is 1.84. The first-order chi connectivity index (χ1) is 5.34. The Bertz CT molecular complexity index is 113. The van der Waals surface area contributed by atoms with Crippen LogP contribution in [0.15, 0.2) is 0 Å². The van der Waals surface area contributed by atoms with Crippen LogP contribution in [0.1, 0.15) is 47.5 Å². The number of nitrogens with zero attached hydrogens (tertiary/aromatic N) is 1. The predicted molar refractivity (Wildman–Crippen MR) is 54.7 cm³/mol. The molecule has 74 valence electrons. The summed E-state index contributed by atoms with van der Waals surface area (Å²) in [7, 11) is 0. The van der Waals surface area contributed by atoms with Crippen molar-refractivity contribution < 1.29 is 0 Å². The summed E-state index contributed by atoms with van der Waals surface area (Å²) in [4.78, 5) is 0. The van der Waals surface area contributed by atoms with Crippen LogP contribution in [0.25, 0.3) is 0 Å². The second-order valence-electron chi connectivity index (χ2n) is 4.90. The molecule has 0 heterocycles. The van der Waals surface area contributed by atoms with E-state index in [9.17, 15) is 0 Å². The molecule has 2 nitrogen and oxygen atoms in total. The Kier molecular flexibility index (Phi) is 4.80. The largest absolute Gasteiger partial charge is 0.268 e. The zero-order chi connectivity index (χ0) is 9.78. The lowest BCUT2D eigenvalue weighted by Crippen LogP contribution is -2.47. The van der Waals surface area contributed by atoms with Gasteiger partial charge < -0.3 is 0 Å². The molecule has 0 aliphatic carbocycles. The Hall–Kier alpha value is -0.0800. The first-order valence-electron chi connectivity index (χ1n) is 4.86. The highest BCUT2D eigenvalue weighted by molar-refractivity contribution is 4.70. The highest BCUT2D eigenvalue weighted by Gasteiger charge is 2.16. The summed E-state index contributed by atoms with van der Waals surface area (Å²) in [5.41, 5.74) is 0.108. The molecule has 0 aliphatic rings. The summed E-state index contributed by atoms with van der Waals surface area (Å²) in [6.45, 7) is 11.9. The second-order valence-corrected chi connectivity index (χ2v) is 4.90. The first kappa shape index (κ1) is 11.9. The van der Waals surface area contributed by atoms with E-state index in [0.717, 1.165) is 12.5 Å². The van der Waals surface area contributed by atoms with Gasteiger partial charge in [-0.3, -0.25) is 5.84 Å². The molecular weight excluding hydrogens is 148 g/mol. The van der Waals surface area contributed by atoms with Gasteiger partial charge in [0.2, 0.25) is 0 Å². The quantitative estimate of drug-likeness (QED) is 0.521. The van der Waals surface area contributed by atoms with Crippen LogP contribution in [0, 0.1) is 5.92 Å². The minimum atomic E-state index is 0.108. The van der Waals surface area contributed by atoms with Gasteiger partial charge in [-0.05, 0) is 39.5 Å². The second kappa shape index (κ2) is 4.83. The van der Waals surface area contributed by atoms with E-state index in [2.05, 4.69) is 34.6 Å². The molecule has 0 aromatic heterocycles. The molecule has 0 saturated carbocycles. The molecule has 0 amide bonds. The van der Waals surface area contributed by atoms with Gasteiger partial charge >= 0.3 is 0 Å². The average molecular weight is 172 g/mol. The first-order valence-corrected chi connectivity index (χ1v) is 4.86. The number of hydrogen-bond donors (Lipinski definition) is 1. The predicted octanol–water partition coefficient (Wildman–Crippen LogP) is 2.40. The molecule has 0 saturated heterocycles. The molecule has 0 aliphatic heterocycles. The van der Waals surface area contributed by atoms with Gasteiger partial charge in [-0.2, -0.15) is 0 Å². The van der Waals surface area contributed by atoms with Crippen LogP contribution in [-0.2, 0) is 0 Å². The molecule has 0 unspecified atom stereocenters. The number of hydrogen-bond acceptors (Lipinski definition) is 2. The fourth-order valence-electron chi connectivity index (χ4n) is 1.01. The third kappa shape index (κ3) is 5.56. The maximum atomic E-state index is 5.87. The van der Waals surface area contributed by atoms with E-state index in [1.165, 1.54) is 12.8 Å². The van der Waals surface area contributed by atoms with E-state index in [1.54, 1.807) is 0 Å². The number of rotatable bonds is 4. The molecule has 0 bridgehead atoms. The van der Waals surface area contributed by atoms with E-state index in [0.29, 0.717) is 0 Å². The fraction of sp³-hybridized carbons (Fsp3) is 1.00. The van der Waals surface area contributed by atoms with E-state index >= 15 is 0 Å². The SMILES string of the molecule is CC(C)CCCN(N)C(C)(C)C. The van der Waals surface area contributed by atoms with Crippen LogP contribution >= 0.6 is 0 Å². The molecule has 0 aromatic rings. The molecule has 0 aromatic carbocycles. The number of hydrazine groups is 1. The Balaban J connectivity index is 3.51. The minimum absolute atomic E-state index is 0.108. The van der Waals surface area contributed by atoms with Gasteiger partial charge in [0.05, 0.1) is 0 Å². The highest BCUT2D eigenvalue weighted by atomic mass is 15.4. The van der Waals surface area contributed by atoms with Crippen molar-refractivity contribution in [2.75, 3.05) is 6.54 Å². The summed E-state index contributed by atoms with van der Waals surface area (Å²) in [6.07, 6.45) is 2.47. The van der Waals surface area contributed by atoms with Gasteiger partial charge in [0.1, 0.15) is 0 Å². The monoisotopic (exact) mass is 172 g/mol. The molecule has 0 fully saturated rings. The van der Waals surface area contributed by atoms with E-state index in [4.69, 9.17) is 5.84 Å². The van der Waals surface area contributed by atoms with Gasteiger partial charge in [0, 0.05) is 12.1 Å². The lowest BCUT2D eigenvalue weighted by Gasteiger charge is -2.31. The lowest BCUT2D eigenvalue weighted by molar-refractivity contribution is 0.134. The zero-order valence-electron chi connectivity index (χ0n) is 9.22. The normalized spacial score (nSPS) is 13.0. The standard InChI is InChI=1S/C10H24N2/c1-9(2)7-6-8-12(11)10(3,4)5/h9H,6-8,11H2,1-5H3. The van der Waals surface area contributed by atoms with Crippen LogP contribution in [0.2, 0.25) is 0 Å². The Morgan fingerprint density at radius 2 is 1.75 bits per heavy atom. The molecular formula is C10H24N2. The Morgan fingerprint density at radius 1 is 1.25 bits per heavy atom. The van der Waals surface area contributed by atoms with Crippen molar-refractivity contribution in [2.24, 2.45) is 11.8 Å².